The van der Waals surface area contributed by atoms with Crippen LogP contribution in [0.3, 0.4) is 0 Å². The Bertz CT molecular complexity index is 517. The molecule has 1 aliphatic heterocycles. The fourth-order valence-corrected chi connectivity index (χ4v) is 3.14. The number of hydrogen-bond donors (Lipinski definition) is 2. The first kappa shape index (κ1) is 20.2. The maximum Gasteiger partial charge on any atom is 0.314 e. The lowest BCUT2D eigenvalue weighted by Gasteiger charge is -2.33. The highest BCUT2D eigenvalue weighted by Gasteiger charge is 2.37. The minimum absolute atomic E-state index is 0.0116. The molecular weight excluding hydrogens is 338 g/mol. The van der Waals surface area contributed by atoms with Gasteiger partial charge in [0.15, 0.2) is 0 Å². The molecule has 1 fully saturated rings. The molecule has 2 rings (SSSR count). The van der Waals surface area contributed by atoms with Crippen LogP contribution in [0, 0.1) is 11.8 Å². The lowest BCUT2D eigenvalue weighted by atomic mass is 9.82. The number of carbonyl (C=O) groups excluding carboxylic acids is 3. The zero-order valence-corrected chi connectivity index (χ0v) is 15.4. The highest BCUT2D eigenvalue weighted by atomic mass is 16.5. The molecule has 0 unspecified atom stereocenters. The second-order valence-electron chi connectivity index (χ2n) is 6.40. The first-order valence-corrected chi connectivity index (χ1v) is 9.33. The molecule has 1 saturated heterocycles. The van der Waals surface area contributed by atoms with E-state index in [2.05, 4.69) is 10.6 Å². The van der Waals surface area contributed by atoms with Crippen LogP contribution < -0.4 is 10.6 Å². The summed E-state index contributed by atoms with van der Waals surface area (Å²) in [7, 11) is 0. The van der Waals surface area contributed by atoms with Crippen LogP contribution in [0.2, 0.25) is 0 Å². The van der Waals surface area contributed by atoms with E-state index in [9.17, 15) is 14.4 Å². The number of urea groups is 1. The number of ether oxygens (including phenoxy) is 2. The summed E-state index contributed by atoms with van der Waals surface area (Å²) in [6.07, 6.45) is 5.52. The lowest BCUT2D eigenvalue weighted by molar-refractivity contribution is -0.156. The largest absolute Gasteiger partial charge is 0.465 e. The van der Waals surface area contributed by atoms with Crippen molar-refractivity contribution >= 4 is 17.9 Å². The third-order valence-corrected chi connectivity index (χ3v) is 4.56. The number of amides is 3. The molecule has 0 bridgehead atoms. The van der Waals surface area contributed by atoms with Crippen LogP contribution in [0.15, 0.2) is 12.2 Å². The number of carbonyl (C=O) groups is 3. The summed E-state index contributed by atoms with van der Waals surface area (Å²) in [5.41, 5.74) is 0. The Morgan fingerprint density at radius 1 is 1.12 bits per heavy atom. The van der Waals surface area contributed by atoms with Gasteiger partial charge in [0.1, 0.15) is 0 Å². The molecule has 0 spiro atoms. The maximum absolute atomic E-state index is 12.8. The van der Waals surface area contributed by atoms with Gasteiger partial charge in [-0.05, 0) is 26.2 Å². The molecule has 2 N–H and O–H groups in total. The molecular formula is C18H29N3O5. The molecule has 8 heteroatoms. The number of allylic oxidation sites excluding steroid dienone is 2. The molecule has 2 atom stereocenters. The molecule has 0 aromatic carbocycles. The van der Waals surface area contributed by atoms with Crippen molar-refractivity contribution in [2.45, 2.75) is 26.2 Å². The molecule has 146 valence electrons. The van der Waals surface area contributed by atoms with Crippen molar-refractivity contribution in [1.29, 1.82) is 0 Å². The average Bonchev–Trinajstić information content (AvgIpc) is 2.68. The average molecular weight is 367 g/mol. The van der Waals surface area contributed by atoms with E-state index >= 15 is 0 Å². The molecule has 8 nitrogen and oxygen atoms in total. The second-order valence-corrected chi connectivity index (χ2v) is 6.40. The Morgan fingerprint density at radius 3 is 2.50 bits per heavy atom. The fraction of sp³-hybridized carbons (Fsp3) is 0.722. The third-order valence-electron chi connectivity index (χ3n) is 4.56. The van der Waals surface area contributed by atoms with Gasteiger partial charge < -0.3 is 25.0 Å². The Labute approximate surface area is 154 Å². The van der Waals surface area contributed by atoms with Gasteiger partial charge in [0.2, 0.25) is 5.91 Å². The minimum Gasteiger partial charge on any atom is -0.465 e. The van der Waals surface area contributed by atoms with Crippen LogP contribution in [0.1, 0.15) is 26.2 Å². The van der Waals surface area contributed by atoms with Crippen LogP contribution in [0.25, 0.3) is 0 Å². The van der Waals surface area contributed by atoms with E-state index in [4.69, 9.17) is 9.47 Å². The van der Waals surface area contributed by atoms with E-state index in [-0.39, 0.29) is 30.4 Å². The minimum atomic E-state index is -0.438. The summed E-state index contributed by atoms with van der Waals surface area (Å²) in [6.45, 7) is 5.30. The number of nitrogens with one attached hydrogen (secondary N) is 2. The molecule has 26 heavy (non-hydrogen) atoms. The maximum atomic E-state index is 12.8. The standard InChI is InChI=1S/C18H29N3O5/c1-2-19-18(24)20-8-5-11-26-17(23)15-7-4-3-6-14(15)16(22)21-9-12-25-13-10-21/h3-4,14-15H,2,5-13H2,1H3,(H2,19,20,24)/t14-,15+/m0/s1. The van der Waals surface area contributed by atoms with E-state index in [0.29, 0.717) is 58.7 Å². The van der Waals surface area contributed by atoms with E-state index in [0.717, 1.165) is 0 Å². The van der Waals surface area contributed by atoms with Gasteiger partial charge in [-0.2, -0.15) is 0 Å². The zero-order valence-electron chi connectivity index (χ0n) is 15.4. The van der Waals surface area contributed by atoms with Gasteiger partial charge in [0.05, 0.1) is 31.7 Å². The number of rotatable bonds is 7. The van der Waals surface area contributed by atoms with Crippen molar-refractivity contribution in [2.24, 2.45) is 11.8 Å². The van der Waals surface area contributed by atoms with Crippen molar-refractivity contribution in [1.82, 2.24) is 15.5 Å². The first-order valence-electron chi connectivity index (χ1n) is 9.33. The molecule has 0 saturated carbocycles. The van der Waals surface area contributed by atoms with E-state index in [1.54, 1.807) is 4.90 Å². The summed E-state index contributed by atoms with van der Waals surface area (Å²) in [4.78, 5) is 38.2. The molecule has 1 aliphatic carbocycles. The molecule has 0 aromatic heterocycles. The number of nitrogens with zero attached hydrogens (tertiary/aromatic N) is 1. The van der Waals surface area contributed by atoms with Crippen molar-refractivity contribution in [3.63, 3.8) is 0 Å². The van der Waals surface area contributed by atoms with Crippen molar-refractivity contribution in [3.8, 4) is 0 Å². The number of esters is 1. The van der Waals surface area contributed by atoms with Crippen LogP contribution in [0.5, 0.6) is 0 Å². The normalized spacial score (nSPS) is 22.6. The van der Waals surface area contributed by atoms with Gasteiger partial charge >= 0.3 is 12.0 Å². The van der Waals surface area contributed by atoms with Gasteiger partial charge in [-0.15, -0.1) is 0 Å². The summed E-state index contributed by atoms with van der Waals surface area (Å²) >= 11 is 0. The fourth-order valence-electron chi connectivity index (χ4n) is 3.14. The smallest absolute Gasteiger partial charge is 0.314 e. The van der Waals surface area contributed by atoms with Gasteiger partial charge in [0, 0.05) is 26.2 Å². The second kappa shape index (κ2) is 10.8. The summed E-state index contributed by atoms with van der Waals surface area (Å²) in [6, 6.07) is -0.229. The lowest BCUT2D eigenvalue weighted by Crippen LogP contribution is -2.47. The molecule has 0 radical (unpaired) electrons. The zero-order chi connectivity index (χ0) is 18.8. The van der Waals surface area contributed by atoms with E-state index in [1.807, 2.05) is 19.1 Å². The Hall–Kier alpha value is -2.09. The molecule has 2 aliphatic rings. The quantitative estimate of drug-likeness (QED) is 0.392. The van der Waals surface area contributed by atoms with Crippen LogP contribution >= 0.6 is 0 Å². The number of morpholine rings is 1. The number of hydrogen-bond acceptors (Lipinski definition) is 5. The summed E-state index contributed by atoms with van der Waals surface area (Å²) < 4.78 is 10.6. The van der Waals surface area contributed by atoms with Gasteiger partial charge in [-0.3, -0.25) is 9.59 Å². The van der Waals surface area contributed by atoms with Gasteiger partial charge in [-0.25, -0.2) is 4.79 Å². The van der Waals surface area contributed by atoms with Crippen molar-refractivity contribution in [3.05, 3.63) is 12.2 Å². The van der Waals surface area contributed by atoms with Crippen molar-refractivity contribution in [2.75, 3.05) is 46.0 Å². The predicted octanol–water partition coefficient (Wildman–Crippen LogP) is 0.680. The molecule has 3 amide bonds. The predicted molar refractivity (Wildman–Crippen MR) is 95.4 cm³/mol. The summed E-state index contributed by atoms with van der Waals surface area (Å²) in [5.74, 6) is -1.12. The Balaban J connectivity index is 1.77. The van der Waals surface area contributed by atoms with Gasteiger partial charge in [0.25, 0.3) is 0 Å². The van der Waals surface area contributed by atoms with Crippen LogP contribution in [-0.2, 0) is 19.1 Å². The van der Waals surface area contributed by atoms with Gasteiger partial charge in [-0.1, -0.05) is 12.2 Å². The van der Waals surface area contributed by atoms with E-state index < -0.39 is 5.92 Å². The highest BCUT2D eigenvalue weighted by Crippen LogP contribution is 2.29. The Kier molecular flexibility index (Phi) is 8.40. The van der Waals surface area contributed by atoms with E-state index in [1.165, 1.54) is 0 Å². The molecule has 1 heterocycles. The summed E-state index contributed by atoms with van der Waals surface area (Å²) in [5, 5.41) is 5.31. The van der Waals surface area contributed by atoms with Crippen molar-refractivity contribution < 1.29 is 23.9 Å². The highest BCUT2D eigenvalue weighted by molar-refractivity contribution is 5.86. The monoisotopic (exact) mass is 367 g/mol. The van der Waals surface area contributed by atoms with Crippen LogP contribution in [0.4, 0.5) is 4.79 Å². The third kappa shape index (κ3) is 6.01. The SMILES string of the molecule is CCNC(=O)NCCCOC(=O)[C@@H]1CC=CC[C@@H]1C(=O)N1CCOCC1. The first-order chi connectivity index (χ1) is 12.6. The van der Waals surface area contributed by atoms with Crippen LogP contribution in [-0.4, -0.2) is 68.8 Å². The Morgan fingerprint density at radius 2 is 1.81 bits per heavy atom. The molecule has 0 aromatic rings. The topological polar surface area (TPSA) is 97.0 Å².